The molecule has 0 aliphatic rings. The standard InChI is InChI=1S/C27H28ClN3O3S/c1-4-17(2)15-30(27-29-11-12-35-27)25(33)14-22-18(3)31(24-10-5-19(16-32)13-23(22)24)26(34)20-6-8-21(28)9-7-20/h5-13,17,32H,4,14-16H2,1-3H3. The van der Waals surface area contributed by atoms with Crippen molar-refractivity contribution in [2.75, 3.05) is 11.4 Å². The van der Waals surface area contributed by atoms with Crippen molar-refractivity contribution >= 4 is 50.8 Å². The first-order valence-corrected chi connectivity index (χ1v) is 12.8. The van der Waals surface area contributed by atoms with E-state index in [-0.39, 0.29) is 24.8 Å². The number of carbonyl (C=O) groups is 2. The first-order valence-electron chi connectivity index (χ1n) is 11.6. The number of rotatable bonds is 8. The van der Waals surface area contributed by atoms with Crippen molar-refractivity contribution in [1.82, 2.24) is 9.55 Å². The number of fused-ring (bicyclic) bond motifs is 1. The summed E-state index contributed by atoms with van der Waals surface area (Å²) in [7, 11) is 0. The Morgan fingerprint density at radius 2 is 1.94 bits per heavy atom. The number of carbonyl (C=O) groups excluding carboxylic acids is 2. The zero-order chi connectivity index (χ0) is 25.1. The van der Waals surface area contributed by atoms with Crippen molar-refractivity contribution in [2.45, 2.75) is 40.2 Å². The van der Waals surface area contributed by atoms with Gasteiger partial charge < -0.3 is 5.11 Å². The fourth-order valence-electron chi connectivity index (χ4n) is 4.16. The Morgan fingerprint density at radius 1 is 1.20 bits per heavy atom. The number of nitrogens with zero attached hydrogens (tertiary/aromatic N) is 3. The number of hydrogen-bond donors (Lipinski definition) is 1. The van der Waals surface area contributed by atoms with Crippen LogP contribution in [-0.4, -0.2) is 33.0 Å². The molecule has 0 aliphatic heterocycles. The molecule has 6 nitrogen and oxygen atoms in total. The summed E-state index contributed by atoms with van der Waals surface area (Å²) in [5, 5.41) is 13.6. The lowest BCUT2D eigenvalue weighted by Crippen LogP contribution is -2.36. The van der Waals surface area contributed by atoms with E-state index in [0.29, 0.717) is 39.4 Å². The highest BCUT2D eigenvalue weighted by Crippen LogP contribution is 2.30. The van der Waals surface area contributed by atoms with Gasteiger partial charge in [-0.1, -0.05) is 37.9 Å². The molecule has 1 unspecified atom stereocenters. The largest absolute Gasteiger partial charge is 0.392 e. The van der Waals surface area contributed by atoms with Gasteiger partial charge in [-0.25, -0.2) is 4.98 Å². The molecule has 0 aliphatic carbocycles. The number of anilines is 1. The van der Waals surface area contributed by atoms with Crippen LogP contribution < -0.4 is 4.90 Å². The molecular weight excluding hydrogens is 482 g/mol. The lowest BCUT2D eigenvalue weighted by atomic mass is 10.0. The molecule has 0 spiro atoms. The second kappa shape index (κ2) is 10.7. The fourth-order valence-corrected chi connectivity index (χ4v) is 4.95. The summed E-state index contributed by atoms with van der Waals surface area (Å²) in [6, 6.07) is 12.2. The number of amides is 1. The topological polar surface area (TPSA) is 75.4 Å². The molecule has 1 amide bonds. The SMILES string of the molecule is CCC(C)CN(C(=O)Cc1c(C)n(C(=O)c2ccc(Cl)cc2)c2ccc(CO)cc12)c1nccs1. The molecule has 4 rings (SSSR count). The van der Waals surface area contributed by atoms with E-state index in [1.165, 1.54) is 11.3 Å². The van der Waals surface area contributed by atoms with Gasteiger partial charge >= 0.3 is 0 Å². The van der Waals surface area contributed by atoms with E-state index in [0.717, 1.165) is 22.9 Å². The summed E-state index contributed by atoms with van der Waals surface area (Å²) in [6.07, 6.45) is 2.77. The highest BCUT2D eigenvalue weighted by Gasteiger charge is 2.26. The first kappa shape index (κ1) is 25.1. The molecule has 0 saturated carbocycles. The van der Waals surface area contributed by atoms with E-state index >= 15 is 0 Å². The predicted molar refractivity (Wildman–Crippen MR) is 141 cm³/mol. The Hall–Kier alpha value is -3.00. The summed E-state index contributed by atoms with van der Waals surface area (Å²) in [4.78, 5) is 33.3. The number of aliphatic hydroxyl groups excluding tert-OH is 1. The van der Waals surface area contributed by atoms with E-state index in [1.54, 1.807) is 46.0 Å². The van der Waals surface area contributed by atoms with Gasteiger partial charge in [-0.2, -0.15) is 0 Å². The van der Waals surface area contributed by atoms with Crippen LogP contribution in [0.3, 0.4) is 0 Å². The maximum absolute atomic E-state index is 13.6. The molecule has 8 heteroatoms. The average molecular weight is 510 g/mol. The molecule has 2 aromatic carbocycles. The number of aromatic nitrogens is 2. The van der Waals surface area contributed by atoms with Gasteiger partial charge in [0.15, 0.2) is 5.13 Å². The first-order chi connectivity index (χ1) is 16.8. The smallest absolute Gasteiger partial charge is 0.262 e. The Balaban J connectivity index is 1.79. The van der Waals surface area contributed by atoms with Crippen LogP contribution in [-0.2, 0) is 17.8 Å². The third kappa shape index (κ3) is 5.17. The number of thiazole rings is 1. The molecule has 0 radical (unpaired) electrons. The van der Waals surface area contributed by atoms with Crippen molar-refractivity contribution in [3.8, 4) is 0 Å². The molecule has 0 bridgehead atoms. The highest BCUT2D eigenvalue weighted by atomic mass is 35.5. The van der Waals surface area contributed by atoms with Crippen molar-refractivity contribution in [3.63, 3.8) is 0 Å². The van der Waals surface area contributed by atoms with Gasteiger partial charge in [-0.3, -0.25) is 19.1 Å². The Morgan fingerprint density at radius 3 is 2.57 bits per heavy atom. The number of hydrogen-bond acceptors (Lipinski definition) is 5. The minimum atomic E-state index is -0.198. The minimum absolute atomic E-state index is 0.0734. The van der Waals surface area contributed by atoms with Crippen LogP contribution in [0.25, 0.3) is 10.9 Å². The third-order valence-corrected chi connectivity index (χ3v) is 7.39. The number of halogens is 1. The van der Waals surface area contributed by atoms with E-state index in [1.807, 2.05) is 24.4 Å². The third-order valence-electron chi connectivity index (χ3n) is 6.35. The molecule has 1 atom stereocenters. The minimum Gasteiger partial charge on any atom is -0.392 e. The molecule has 2 aromatic heterocycles. The van der Waals surface area contributed by atoms with Crippen LogP contribution in [0.5, 0.6) is 0 Å². The van der Waals surface area contributed by atoms with Crippen LogP contribution in [0.15, 0.2) is 54.0 Å². The van der Waals surface area contributed by atoms with Gasteiger partial charge in [-0.15, -0.1) is 11.3 Å². The van der Waals surface area contributed by atoms with Crippen LogP contribution in [0.2, 0.25) is 5.02 Å². The highest BCUT2D eigenvalue weighted by molar-refractivity contribution is 7.13. The second-order valence-electron chi connectivity index (χ2n) is 8.73. The van der Waals surface area contributed by atoms with E-state index in [2.05, 4.69) is 18.8 Å². The quantitative estimate of drug-likeness (QED) is 0.322. The number of benzene rings is 2. The van der Waals surface area contributed by atoms with Gasteiger partial charge in [-0.05, 0) is 60.4 Å². The molecule has 4 aromatic rings. The molecule has 1 N–H and O–H groups in total. The van der Waals surface area contributed by atoms with Gasteiger partial charge in [0.25, 0.3) is 5.91 Å². The summed E-state index contributed by atoms with van der Waals surface area (Å²) in [6.45, 7) is 6.52. The zero-order valence-corrected chi connectivity index (χ0v) is 21.6. The molecule has 35 heavy (non-hydrogen) atoms. The molecule has 0 fully saturated rings. The van der Waals surface area contributed by atoms with Crippen molar-refractivity contribution in [2.24, 2.45) is 5.92 Å². The van der Waals surface area contributed by atoms with Crippen LogP contribution in [0.4, 0.5) is 5.13 Å². The second-order valence-corrected chi connectivity index (χ2v) is 10.0. The lowest BCUT2D eigenvalue weighted by molar-refractivity contribution is -0.118. The zero-order valence-electron chi connectivity index (χ0n) is 20.0. The summed E-state index contributed by atoms with van der Waals surface area (Å²) in [5.74, 6) is 0.0458. The van der Waals surface area contributed by atoms with Gasteiger partial charge in [0.2, 0.25) is 5.91 Å². The number of aliphatic hydroxyl groups is 1. The van der Waals surface area contributed by atoms with Gasteiger partial charge in [0.1, 0.15) is 0 Å². The summed E-state index contributed by atoms with van der Waals surface area (Å²) < 4.78 is 1.64. The predicted octanol–water partition coefficient (Wildman–Crippen LogP) is 5.86. The molecule has 182 valence electrons. The molecule has 0 saturated heterocycles. The van der Waals surface area contributed by atoms with Crippen LogP contribution in [0.1, 0.15) is 47.4 Å². The Bertz CT molecular complexity index is 1350. The summed E-state index contributed by atoms with van der Waals surface area (Å²) in [5.41, 5.74) is 3.39. The van der Waals surface area contributed by atoms with Gasteiger partial charge in [0.05, 0.1) is 18.5 Å². The maximum Gasteiger partial charge on any atom is 0.262 e. The van der Waals surface area contributed by atoms with Crippen molar-refractivity contribution < 1.29 is 14.7 Å². The normalized spacial score (nSPS) is 12.1. The van der Waals surface area contributed by atoms with E-state index in [9.17, 15) is 14.7 Å². The molecule has 2 heterocycles. The van der Waals surface area contributed by atoms with E-state index in [4.69, 9.17) is 11.6 Å². The maximum atomic E-state index is 13.6. The fraction of sp³-hybridized carbons (Fsp3) is 0.296. The van der Waals surface area contributed by atoms with E-state index < -0.39 is 0 Å². The lowest BCUT2D eigenvalue weighted by Gasteiger charge is -2.23. The average Bonchev–Trinajstić information content (AvgIpc) is 3.49. The monoisotopic (exact) mass is 509 g/mol. The Labute approximate surface area is 213 Å². The van der Waals surface area contributed by atoms with Crippen LogP contribution in [0, 0.1) is 12.8 Å². The van der Waals surface area contributed by atoms with Crippen molar-refractivity contribution in [1.29, 1.82) is 0 Å². The van der Waals surface area contributed by atoms with Crippen LogP contribution >= 0.6 is 22.9 Å². The summed E-state index contributed by atoms with van der Waals surface area (Å²) >= 11 is 7.45. The van der Waals surface area contributed by atoms with Gasteiger partial charge in [0, 0.05) is 39.8 Å². The molecular formula is C27H28ClN3O3S. The van der Waals surface area contributed by atoms with Crippen molar-refractivity contribution in [3.05, 3.63) is 81.4 Å². The Kier molecular flexibility index (Phi) is 7.69.